The lowest BCUT2D eigenvalue weighted by Crippen LogP contribution is -2.64. The third-order valence-electron chi connectivity index (χ3n) is 4.65. The molecule has 1 aromatic heterocycles. The molecule has 0 aliphatic carbocycles. The molecule has 1 aliphatic heterocycles. The van der Waals surface area contributed by atoms with Crippen LogP contribution in [-0.2, 0) is 4.79 Å². The van der Waals surface area contributed by atoms with Crippen molar-refractivity contribution in [3.63, 3.8) is 0 Å². The van der Waals surface area contributed by atoms with Crippen LogP contribution < -0.4 is 10.2 Å². The van der Waals surface area contributed by atoms with Gasteiger partial charge in [-0.05, 0) is 13.0 Å². The number of anilines is 1. The highest BCUT2D eigenvalue weighted by Crippen LogP contribution is 2.29. The van der Waals surface area contributed by atoms with E-state index in [4.69, 9.17) is 0 Å². The number of hydrogen-bond acceptors (Lipinski definition) is 7. The van der Waals surface area contributed by atoms with E-state index in [1.807, 2.05) is 42.2 Å². The Hall–Kier alpha value is -2.52. The molecule has 1 aromatic carbocycles. The summed E-state index contributed by atoms with van der Waals surface area (Å²) in [6.07, 6.45) is 0.478. The zero-order valence-corrected chi connectivity index (χ0v) is 16.0. The van der Waals surface area contributed by atoms with E-state index >= 15 is 0 Å². The zero-order valence-electron chi connectivity index (χ0n) is 15.2. The normalized spacial score (nSPS) is 20.3. The van der Waals surface area contributed by atoms with Gasteiger partial charge in [0.1, 0.15) is 11.9 Å². The molecule has 0 bridgehead atoms. The lowest BCUT2D eigenvalue weighted by Gasteiger charge is -2.42. The van der Waals surface area contributed by atoms with Crippen LogP contribution in [0.25, 0.3) is 11.4 Å². The number of carbonyl (C=O) groups excluding carboxylic acids is 1. The molecule has 2 N–H and O–H groups in total. The van der Waals surface area contributed by atoms with E-state index in [1.54, 1.807) is 0 Å². The molecule has 1 atom stereocenters. The summed E-state index contributed by atoms with van der Waals surface area (Å²) in [7, 11) is 0. The average Bonchev–Trinajstić information content (AvgIpc) is 3.07. The second-order valence-electron chi connectivity index (χ2n) is 6.41. The Kier molecular flexibility index (Phi) is 6.02. The Morgan fingerprint density at radius 1 is 1.37 bits per heavy atom. The SMILES string of the molecule is CCNC1(CC=O)CN(c2nc(-c3ccccc3)ns2)CCCN1C(=O)O. The van der Waals surface area contributed by atoms with E-state index in [0.29, 0.717) is 38.4 Å². The van der Waals surface area contributed by atoms with Crippen LogP contribution in [0.4, 0.5) is 9.93 Å². The summed E-state index contributed by atoms with van der Waals surface area (Å²) in [6, 6.07) is 9.72. The summed E-state index contributed by atoms with van der Waals surface area (Å²) >= 11 is 1.29. The van der Waals surface area contributed by atoms with Gasteiger partial charge in [-0.25, -0.2) is 4.79 Å². The van der Waals surface area contributed by atoms with Crippen molar-refractivity contribution in [2.75, 3.05) is 31.1 Å². The zero-order chi connectivity index (χ0) is 19.3. The van der Waals surface area contributed by atoms with Gasteiger partial charge in [-0.1, -0.05) is 37.3 Å². The highest BCUT2D eigenvalue weighted by atomic mass is 32.1. The molecule has 0 radical (unpaired) electrons. The number of carboxylic acid groups (broad SMARTS) is 1. The number of aromatic nitrogens is 2. The topological polar surface area (TPSA) is 98.7 Å². The quantitative estimate of drug-likeness (QED) is 0.731. The largest absolute Gasteiger partial charge is 0.465 e. The average molecular weight is 389 g/mol. The van der Waals surface area contributed by atoms with E-state index in [9.17, 15) is 14.7 Å². The van der Waals surface area contributed by atoms with E-state index in [2.05, 4.69) is 14.7 Å². The van der Waals surface area contributed by atoms with Crippen LogP contribution in [0, 0.1) is 0 Å². The van der Waals surface area contributed by atoms with Gasteiger partial charge in [0.25, 0.3) is 0 Å². The van der Waals surface area contributed by atoms with Gasteiger partial charge in [0.05, 0.1) is 6.54 Å². The van der Waals surface area contributed by atoms with Gasteiger partial charge in [-0.2, -0.15) is 9.36 Å². The third-order valence-corrected chi connectivity index (χ3v) is 5.43. The molecular formula is C18H23N5O3S. The predicted molar refractivity (Wildman–Crippen MR) is 104 cm³/mol. The van der Waals surface area contributed by atoms with Crippen molar-refractivity contribution in [1.82, 2.24) is 19.6 Å². The van der Waals surface area contributed by atoms with Crippen LogP contribution >= 0.6 is 11.5 Å². The molecule has 1 fully saturated rings. The number of benzene rings is 1. The van der Waals surface area contributed by atoms with Crippen molar-refractivity contribution in [2.45, 2.75) is 25.4 Å². The minimum atomic E-state index is -1.03. The number of amides is 1. The van der Waals surface area contributed by atoms with Gasteiger partial charge >= 0.3 is 6.09 Å². The standard InChI is InChI=1S/C18H23N5O3S/c1-2-19-18(9-12-24)13-22(10-6-11-23(18)17(25)26)16-20-15(21-27-16)14-7-4-3-5-8-14/h3-5,7-8,12,19H,2,6,9-11,13H2,1H3,(H,25,26). The Balaban J connectivity index is 1.91. The highest BCUT2D eigenvalue weighted by Gasteiger charge is 2.42. The Bertz CT molecular complexity index is 784. The third kappa shape index (κ3) is 4.09. The van der Waals surface area contributed by atoms with Gasteiger partial charge in [0.2, 0.25) is 5.13 Å². The van der Waals surface area contributed by atoms with Gasteiger partial charge < -0.3 is 14.8 Å². The number of nitrogens with zero attached hydrogens (tertiary/aromatic N) is 4. The molecule has 3 rings (SSSR count). The van der Waals surface area contributed by atoms with Crippen LogP contribution in [0.5, 0.6) is 0 Å². The molecule has 2 heterocycles. The van der Waals surface area contributed by atoms with Crippen molar-refractivity contribution in [1.29, 1.82) is 0 Å². The number of carbonyl (C=O) groups is 2. The molecule has 8 nitrogen and oxygen atoms in total. The summed E-state index contributed by atoms with van der Waals surface area (Å²) in [5.41, 5.74) is -0.0370. The fraction of sp³-hybridized carbons (Fsp3) is 0.444. The van der Waals surface area contributed by atoms with E-state index in [-0.39, 0.29) is 6.42 Å². The molecule has 144 valence electrons. The minimum absolute atomic E-state index is 0.0774. The van der Waals surface area contributed by atoms with Gasteiger partial charge in [0.15, 0.2) is 5.82 Å². The lowest BCUT2D eigenvalue weighted by atomic mass is 10.0. The summed E-state index contributed by atoms with van der Waals surface area (Å²) in [6.45, 7) is 3.81. The van der Waals surface area contributed by atoms with Gasteiger partial charge in [0, 0.05) is 36.6 Å². The Morgan fingerprint density at radius 3 is 2.81 bits per heavy atom. The van der Waals surface area contributed by atoms with Crippen LogP contribution in [0.15, 0.2) is 30.3 Å². The van der Waals surface area contributed by atoms with Gasteiger partial charge in [-0.3, -0.25) is 10.2 Å². The maximum absolute atomic E-state index is 11.8. The second-order valence-corrected chi connectivity index (χ2v) is 7.14. The van der Waals surface area contributed by atoms with Crippen LogP contribution in [0.2, 0.25) is 0 Å². The first kappa shape index (κ1) is 19.2. The molecule has 1 aliphatic rings. The van der Waals surface area contributed by atoms with Crippen molar-refractivity contribution in [3.8, 4) is 11.4 Å². The smallest absolute Gasteiger partial charge is 0.408 e. The number of likely N-dealkylation sites (N-methyl/N-ethyl adjacent to an activating group) is 1. The first-order valence-corrected chi connectivity index (χ1v) is 9.70. The summed E-state index contributed by atoms with van der Waals surface area (Å²) < 4.78 is 4.46. The molecule has 1 unspecified atom stereocenters. The summed E-state index contributed by atoms with van der Waals surface area (Å²) in [5.74, 6) is 0.652. The van der Waals surface area contributed by atoms with Crippen LogP contribution in [-0.4, -0.2) is 63.6 Å². The number of rotatable bonds is 6. The molecule has 27 heavy (non-hydrogen) atoms. The fourth-order valence-electron chi connectivity index (χ4n) is 3.47. The van der Waals surface area contributed by atoms with Crippen molar-refractivity contribution in [2.24, 2.45) is 0 Å². The monoisotopic (exact) mass is 389 g/mol. The van der Waals surface area contributed by atoms with Crippen LogP contribution in [0.3, 0.4) is 0 Å². The maximum Gasteiger partial charge on any atom is 0.408 e. The van der Waals surface area contributed by atoms with E-state index in [0.717, 1.165) is 17.0 Å². The highest BCUT2D eigenvalue weighted by molar-refractivity contribution is 7.09. The summed E-state index contributed by atoms with van der Waals surface area (Å²) in [4.78, 5) is 31.2. The molecule has 9 heteroatoms. The predicted octanol–water partition coefficient (Wildman–Crippen LogP) is 2.29. The lowest BCUT2D eigenvalue weighted by molar-refractivity contribution is -0.110. The Morgan fingerprint density at radius 2 is 2.15 bits per heavy atom. The number of nitrogens with one attached hydrogen (secondary N) is 1. The van der Waals surface area contributed by atoms with Crippen LogP contribution in [0.1, 0.15) is 19.8 Å². The first-order valence-electron chi connectivity index (χ1n) is 8.93. The molecule has 0 saturated carbocycles. The first-order chi connectivity index (χ1) is 13.1. The molecule has 0 spiro atoms. The number of aldehydes is 1. The molecule has 1 amide bonds. The molecular weight excluding hydrogens is 366 g/mol. The number of hydrogen-bond donors (Lipinski definition) is 2. The van der Waals surface area contributed by atoms with Crippen molar-refractivity contribution >= 4 is 29.0 Å². The second kappa shape index (κ2) is 8.45. The maximum atomic E-state index is 11.8. The van der Waals surface area contributed by atoms with Gasteiger partial charge in [-0.15, -0.1) is 0 Å². The van der Waals surface area contributed by atoms with E-state index < -0.39 is 11.8 Å². The van der Waals surface area contributed by atoms with Crippen molar-refractivity contribution < 1.29 is 14.7 Å². The molecule has 2 aromatic rings. The minimum Gasteiger partial charge on any atom is -0.465 e. The van der Waals surface area contributed by atoms with E-state index in [1.165, 1.54) is 16.4 Å². The fourth-order valence-corrected chi connectivity index (χ4v) is 4.18. The van der Waals surface area contributed by atoms with Crippen molar-refractivity contribution in [3.05, 3.63) is 30.3 Å². The Labute approximate surface area is 162 Å². The molecule has 1 saturated heterocycles. The summed E-state index contributed by atoms with van der Waals surface area (Å²) in [5, 5.41) is 13.7.